The Labute approximate surface area is 128 Å². The first kappa shape index (κ1) is 17.2. The van der Waals surface area contributed by atoms with Crippen LogP contribution >= 0.6 is 0 Å². The Morgan fingerprint density at radius 2 is 2.13 bits per heavy atom. The number of carboxylic acid groups (broad SMARTS) is 1. The van der Waals surface area contributed by atoms with Gasteiger partial charge in [-0.2, -0.15) is 13.2 Å². The summed E-state index contributed by atoms with van der Waals surface area (Å²) in [5.74, 6) is 5.29. The largest absolute Gasteiger partial charge is 0.465 e. The second-order valence-electron chi connectivity index (χ2n) is 5.09. The topological polar surface area (TPSA) is 104 Å². The summed E-state index contributed by atoms with van der Waals surface area (Å²) in [6, 6.07) is -0.841. The summed E-state index contributed by atoms with van der Waals surface area (Å²) in [5.41, 5.74) is 2.02. The highest BCUT2D eigenvalue weighted by Crippen LogP contribution is 2.39. The van der Waals surface area contributed by atoms with Crippen LogP contribution in [0.1, 0.15) is 11.6 Å². The van der Waals surface area contributed by atoms with Crippen LogP contribution in [0.15, 0.2) is 18.3 Å². The number of hydrazine groups is 1. The van der Waals surface area contributed by atoms with Gasteiger partial charge in [-0.25, -0.2) is 20.0 Å². The first-order valence-electron chi connectivity index (χ1n) is 6.59. The van der Waals surface area contributed by atoms with E-state index in [2.05, 4.69) is 10.4 Å². The second kappa shape index (κ2) is 6.54. The summed E-state index contributed by atoms with van der Waals surface area (Å²) in [5, 5.41) is 10.5. The van der Waals surface area contributed by atoms with Crippen molar-refractivity contribution in [2.75, 3.05) is 18.5 Å². The summed E-state index contributed by atoms with van der Waals surface area (Å²) in [4.78, 5) is 15.1. The van der Waals surface area contributed by atoms with Gasteiger partial charge in [0, 0.05) is 19.3 Å². The average Bonchev–Trinajstić information content (AvgIpc) is 2.78. The highest BCUT2D eigenvalue weighted by molar-refractivity contribution is 5.65. The van der Waals surface area contributed by atoms with Crippen LogP contribution in [0, 0.1) is 0 Å². The number of anilines is 1. The molecule has 7 nitrogen and oxygen atoms in total. The fraction of sp³-hybridized carbons (Fsp3) is 0.500. The van der Waals surface area contributed by atoms with Gasteiger partial charge in [-0.05, 0) is 11.6 Å². The third-order valence-corrected chi connectivity index (χ3v) is 3.51. The van der Waals surface area contributed by atoms with Crippen LogP contribution < -0.4 is 16.6 Å². The van der Waals surface area contributed by atoms with Gasteiger partial charge in [-0.1, -0.05) is 6.07 Å². The Hall–Kier alpha value is -2.14. The molecule has 1 unspecified atom stereocenters. The van der Waals surface area contributed by atoms with E-state index in [1.807, 2.05) is 5.32 Å². The minimum absolute atomic E-state index is 0.181. The number of amides is 1. The number of hydrogen-bond acceptors (Lipinski definition) is 5. The lowest BCUT2D eigenvalue weighted by atomic mass is 10.1. The Balaban J connectivity index is 2.24. The van der Waals surface area contributed by atoms with E-state index < -0.39 is 43.6 Å². The number of aromatic nitrogens is 1. The monoisotopic (exact) mass is 337 g/mol. The molecule has 1 saturated heterocycles. The summed E-state index contributed by atoms with van der Waals surface area (Å²) in [7, 11) is 0. The second-order valence-corrected chi connectivity index (χ2v) is 5.09. The van der Waals surface area contributed by atoms with E-state index in [0.717, 1.165) is 11.1 Å². The molecule has 1 aliphatic heterocycles. The lowest BCUT2D eigenvalue weighted by Crippen LogP contribution is -2.42. The van der Waals surface area contributed by atoms with E-state index in [-0.39, 0.29) is 11.4 Å². The number of rotatable bonds is 4. The van der Waals surface area contributed by atoms with Crippen molar-refractivity contribution in [3.63, 3.8) is 0 Å². The van der Waals surface area contributed by atoms with E-state index >= 15 is 0 Å². The molecule has 0 spiro atoms. The van der Waals surface area contributed by atoms with E-state index in [0.29, 0.717) is 0 Å². The first-order valence-corrected chi connectivity index (χ1v) is 6.59. The fourth-order valence-corrected chi connectivity index (χ4v) is 2.56. The molecule has 1 aliphatic rings. The van der Waals surface area contributed by atoms with Crippen molar-refractivity contribution < 1.29 is 27.5 Å². The number of hydrogen-bond donors (Lipinski definition) is 4. The van der Waals surface area contributed by atoms with E-state index in [9.17, 15) is 22.4 Å². The molecule has 3 atom stereocenters. The highest BCUT2D eigenvalue weighted by Gasteiger charge is 2.49. The van der Waals surface area contributed by atoms with Crippen LogP contribution in [0.2, 0.25) is 0 Å². The van der Waals surface area contributed by atoms with Gasteiger partial charge >= 0.3 is 12.3 Å². The first-order chi connectivity index (χ1) is 10.7. The maximum atomic E-state index is 13.8. The minimum Gasteiger partial charge on any atom is -0.465 e. The zero-order valence-corrected chi connectivity index (χ0v) is 11.7. The van der Waals surface area contributed by atoms with Gasteiger partial charge < -0.3 is 15.8 Å². The van der Waals surface area contributed by atoms with Gasteiger partial charge in [0.25, 0.3) is 0 Å². The van der Waals surface area contributed by atoms with E-state index in [1.165, 1.54) is 12.1 Å². The van der Waals surface area contributed by atoms with Crippen LogP contribution in [0.25, 0.3) is 0 Å². The molecule has 2 heterocycles. The number of likely N-dealkylation sites (tertiary alicyclic amines) is 1. The highest BCUT2D eigenvalue weighted by atomic mass is 19.4. The van der Waals surface area contributed by atoms with Gasteiger partial charge in [0.1, 0.15) is 18.0 Å². The van der Waals surface area contributed by atoms with Crippen LogP contribution in [0.5, 0.6) is 0 Å². The molecule has 1 amide bonds. The molecule has 5 N–H and O–H groups in total. The predicted molar refractivity (Wildman–Crippen MR) is 72.3 cm³/mol. The summed E-state index contributed by atoms with van der Waals surface area (Å²) < 4.78 is 54.0. The summed E-state index contributed by atoms with van der Waals surface area (Å²) in [6.07, 6.45) is -6.88. The molecule has 1 aromatic heterocycles. The Morgan fingerprint density at radius 1 is 1.43 bits per heavy atom. The molecule has 0 aliphatic carbocycles. The number of carbonyl (C=O) groups is 1. The number of nitrogens with one attached hydrogen (secondary N) is 2. The summed E-state index contributed by atoms with van der Waals surface area (Å²) in [6.45, 7) is -0.930. The molecular weight excluding hydrogens is 322 g/mol. The quantitative estimate of drug-likeness (QED) is 0.375. The van der Waals surface area contributed by atoms with Crippen molar-refractivity contribution >= 4 is 11.9 Å². The molecule has 1 fully saturated rings. The van der Waals surface area contributed by atoms with Crippen LogP contribution in [-0.4, -0.2) is 52.6 Å². The van der Waals surface area contributed by atoms with Crippen molar-refractivity contribution in [3.8, 4) is 0 Å². The van der Waals surface area contributed by atoms with Crippen LogP contribution in [-0.2, 0) is 0 Å². The minimum atomic E-state index is -4.67. The molecule has 0 aromatic carbocycles. The third kappa shape index (κ3) is 3.99. The number of nitrogens with two attached hydrogens (primary N) is 1. The molecule has 0 radical (unpaired) electrons. The van der Waals surface area contributed by atoms with E-state index in [4.69, 9.17) is 10.9 Å². The zero-order chi connectivity index (χ0) is 17.2. The van der Waals surface area contributed by atoms with Crippen molar-refractivity contribution in [2.45, 2.75) is 24.4 Å². The lowest BCUT2D eigenvalue weighted by Gasteiger charge is -2.29. The third-order valence-electron chi connectivity index (χ3n) is 3.51. The van der Waals surface area contributed by atoms with Crippen molar-refractivity contribution in [1.29, 1.82) is 0 Å². The predicted octanol–water partition coefficient (Wildman–Crippen LogP) is 1.26. The molecule has 0 bridgehead atoms. The fourth-order valence-electron chi connectivity index (χ4n) is 2.56. The molecule has 0 saturated carbocycles. The number of nitrogen functional groups attached to an aromatic ring is 1. The molecule has 11 heteroatoms. The van der Waals surface area contributed by atoms with Gasteiger partial charge in [-0.15, -0.1) is 0 Å². The standard InChI is InChI=1S/C12H15F4N5O2/c13-7-4-21(5-8(7)19-11(22)23)10(12(14,15)16)6-1-2-9(20-17)18-3-6/h1-3,7-8,10,19H,4-5,17H2,(H,18,20)(H,22,23)/t7?,8-,10-/m1/s1. The number of halogens is 4. The number of pyridine rings is 1. The Kier molecular flexibility index (Phi) is 4.90. The van der Waals surface area contributed by atoms with Gasteiger partial charge in [0.05, 0.1) is 6.04 Å². The molecule has 23 heavy (non-hydrogen) atoms. The number of alkyl halides is 4. The Bertz CT molecular complexity index is 553. The maximum absolute atomic E-state index is 13.8. The van der Waals surface area contributed by atoms with Crippen molar-refractivity contribution in [2.24, 2.45) is 5.84 Å². The molecule has 1 aromatic rings. The smallest absolute Gasteiger partial charge is 0.408 e. The van der Waals surface area contributed by atoms with Gasteiger partial charge in [0.15, 0.2) is 0 Å². The summed E-state index contributed by atoms with van der Waals surface area (Å²) >= 11 is 0. The van der Waals surface area contributed by atoms with Crippen LogP contribution in [0.4, 0.5) is 28.2 Å². The zero-order valence-electron chi connectivity index (χ0n) is 11.7. The number of nitrogens with zero attached hydrogens (tertiary/aromatic N) is 2. The lowest BCUT2D eigenvalue weighted by molar-refractivity contribution is -0.184. The molecular formula is C12H15F4N5O2. The Morgan fingerprint density at radius 3 is 2.61 bits per heavy atom. The van der Waals surface area contributed by atoms with Crippen LogP contribution in [0.3, 0.4) is 0 Å². The van der Waals surface area contributed by atoms with Crippen molar-refractivity contribution in [1.82, 2.24) is 15.2 Å². The normalized spacial score (nSPS) is 23.5. The molecule has 128 valence electrons. The van der Waals surface area contributed by atoms with E-state index in [1.54, 1.807) is 0 Å². The SMILES string of the molecule is NNc1ccc([C@@H](N2CC(F)[C@H](NC(=O)O)C2)C(F)(F)F)cn1. The molecule has 2 rings (SSSR count). The van der Waals surface area contributed by atoms with Gasteiger partial charge in [0.2, 0.25) is 0 Å². The van der Waals surface area contributed by atoms with Crippen molar-refractivity contribution in [3.05, 3.63) is 23.9 Å². The van der Waals surface area contributed by atoms with Gasteiger partial charge in [-0.3, -0.25) is 4.90 Å². The maximum Gasteiger partial charge on any atom is 0.408 e. The average molecular weight is 337 g/mol.